The monoisotopic (exact) mass is 333 g/mol. The zero-order chi connectivity index (χ0) is 17.4. The summed E-state index contributed by atoms with van der Waals surface area (Å²) < 4.78 is 0. The van der Waals surface area contributed by atoms with Crippen molar-refractivity contribution in [3.05, 3.63) is 35.4 Å². The Morgan fingerprint density at radius 3 is 2.79 bits per heavy atom. The molecule has 1 atom stereocenters. The molecule has 1 heterocycles. The Labute approximate surface area is 145 Å². The van der Waals surface area contributed by atoms with Gasteiger partial charge in [0, 0.05) is 26.2 Å². The number of carbonyl (C=O) groups excluding carboxylic acids is 1. The van der Waals surface area contributed by atoms with E-state index in [0.717, 1.165) is 45.3 Å². The van der Waals surface area contributed by atoms with Gasteiger partial charge in [0.1, 0.15) is 0 Å². The molecule has 0 saturated carbocycles. The van der Waals surface area contributed by atoms with Gasteiger partial charge in [0.05, 0.1) is 12.1 Å². The molecule has 0 spiro atoms. The normalized spacial score (nSPS) is 17.0. The van der Waals surface area contributed by atoms with Gasteiger partial charge in [-0.3, -0.25) is 4.90 Å². The van der Waals surface area contributed by atoms with Gasteiger partial charge in [-0.25, -0.2) is 4.79 Å². The van der Waals surface area contributed by atoms with Gasteiger partial charge >= 0.3 is 6.03 Å². The minimum atomic E-state index is -0.532. The Balaban J connectivity index is 1.66. The van der Waals surface area contributed by atoms with Crippen LogP contribution in [0.5, 0.6) is 0 Å². The van der Waals surface area contributed by atoms with Crippen LogP contribution in [0.25, 0.3) is 0 Å². The molecule has 1 unspecified atom stereocenters. The number of rotatable bonds is 8. The zero-order valence-electron chi connectivity index (χ0n) is 15.0. The molecule has 24 heavy (non-hydrogen) atoms. The molecule has 5 heteroatoms. The maximum atomic E-state index is 12.0. The number of hydrogen-bond donors (Lipinski definition) is 3. The number of hydrogen-bond acceptors (Lipinski definition) is 3. The first-order valence-corrected chi connectivity index (χ1v) is 9.02. The molecule has 2 amide bonds. The van der Waals surface area contributed by atoms with Gasteiger partial charge in [0.15, 0.2) is 0 Å². The maximum absolute atomic E-state index is 12.0. The van der Waals surface area contributed by atoms with E-state index in [1.54, 1.807) is 0 Å². The fraction of sp³-hybridized carbons (Fsp3) is 0.632. The third-order valence-corrected chi connectivity index (χ3v) is 4.71. The van der Waals surface area contributed by atoms with E-state index < -0.39 is 5.54 Å². The predicted molar refractivity (Wildman–Crippen MR) is 97.0 cm³/mol. The summed E-state index contributed by atoms with van der Waals surface area (Å²) in [5.74, 6) is 0. The molecule has 0 saturated heterocycles. The minimum Gasteiger partial charge on any atom is -0.394 e. The highest BCUT2D eigenvalue weighted by molar-refractivity contribution is 5.74. The van der Waals surface area contributed by atoms with Crippen molar-refractivity contribution < 1.29 is 9.90 Å². The lowest BCUT2D eigenvalue weighted by Gasteiger charge is -2.29. The number of fused-ring (bicyclic) bond motifs is 1. The van der Waals surface area contributed by atoms with Crippen LogP contribution in [0.15, 0.2) is 24.3 Å². The lowest BCUT2D eigenvalue weighted by Crippen LogP contribution is -2.52. The molecule has 5 nitrogen and oxygen atoms in total. The molecule has 0 fully saturated rings. The number of amides is 2. The van der Waals surface area contributed by atoms with E-state index >= 15 is 0 Å². The second kappa shape index (κ2) is 9.04. The van der Waals surface area contributed by atoms with Crippen LogP contribution in [0.4, 0.5) is 4.79 Å². The number of aliphatic hydroxyl groups excluding tert-OH is 1. The Bertz CT molecular complexity index is 535. The molecule has 134 valence electrons. The van der Waals surface area contributed by atoms with E-state index in [1.807, 2.05) is 13.8 Å². The Hall–Kier alpha value is -1.59. The first-order valence-electron chi connectivity index (χ1n) is 9.02. The van der Waals surface area contributed by atoms with Crippen molar-refractivity contribution in [2.75, 3.05) is 26.2 Å². The molecule has 1 aliphatic rings. The van der Waals surface area contributed by atoms with Crippen LogP contribution >= 0.6 is 0 Å². The van der Waals surface area contributed by atoms with Crippen LogP contribution in [0.3, 0.4) is 0 Å². The van der Waals surface area contributed by atoms with Crippen molar-refractivity contribution in [3.63, 3.8) is 0 Å². The SMILES string of the molecule is CCCC(C)(CO)NC(=O)NCCCN1CCc2ccccc2C1. The van der Waals surface area contributed by atoms with Crippen LogP contribution in [-0.2, 0) is 13.0 Å². The molecule has 3 N–H and O–H groups in total. The fourth-order valence-electron chi connectivity index (χ4n) is 3.30. The lowest BCUT2D eigenvalue weighted by atomic mass is 9.98. The summed E-state index contributed by atoms with van der Waals surface area (Å²) in [6, 6.07) is 8.44. The number of benzene rings is 1. The van der Waals surface area contributed by atoms with Crippen molar-refractivity contribution in [1.29, 1.82) is 0 Å². The van der Waals surface area contributed by atoms with Crippen LogP contribution < -0.4 is 10.6 Å². The fourth-order valence-corrected chi connectivity index (χ4v) is 3.30. The molecule has 1 aromatic rings. The van der Waals surface area contributed by atoms with Crippen LogP contribution in [0, 0.1) is 0 Å². The quantitative estimate of drug-likeness (QED) is 0.640. The first kappa shape index (κ1) is 18.7. The van der Waals surface area contributed by atoms with Crippen molar-refractivity contribution >= 4 is 6.03 Å². The number of urea groups is 1. The van der Waals surface area contributed by atoms with E-state index in [2.05, 4.69) is 39.8 Å². The van der Waals surface area contributed by atoms with Crippen molar-refractivity contribution in [2.24, 2.45) is 0 Å². The van der Waals surface area contributed by atoms with E-state index in [-0.39, 0.29) is 12.6 Å². The second-order valence-electron chi connectivity index (χ2n) is 7.00. The molecule has 0 aromatic heterocycles. The summed E-state index contributed by atoms with van der Waals surface area (Å²) >= 11 is 0. The topological polar surface area (TPSA) is 64.6 Å². The summed E-state index contributed by atoms with van der Waals surface area (Å²) in [4.78, 5) is 14.4. The van der Waals surface area contributed by atoms with Gasteiger partial charge < -0.3 is 15.7 Å². The van der Waals surface area contributed by atoms with Crippen molar-refractivity contribution in [1.82, 2.24) is 15.5 Å². The lowest BCUT2D eigenvalue weighted by molar-refractivity contribution is 0.163. The van der Waals surface area contributed by atoms with Gasteiger partial charge in [-0.2, -0.15) is 0 Å². The van der Waals surface area contributed by atoms with Gasteiger partial charge in [-0.05, 0) is 37.3 Å². The van der Waals surface area contributed by atoms with Gasteiger partial charge in [-0.1, -0.05) is 37.6 Å². The molecule has 2 rings (SSSR count). The van der Waals surface area contributed by atoms with E-state index in [4.69, 9.17) is 0 Å². The third-order valence-electron chi connectivity index (χ3n) is 4.71. The molecular weight excluding hydrogens is 302 g/mol. The molecule has 1 aromatic carbocycles. The Kier molecular flexibility index (Phi) is 7.06. The Morgan fingerprint density at radius 1 is 1.33 bits per heavy atom. The number of nitrogens with one attached hydrogen (secondary N) is 2. The third kappa shape index (κ3) is 5.49. The van der Waals surface area contributed by atoms with Crippen LogP contribution in [0.2, 0.25) is 0 Å². The molecule has 1 aliphatic heterocycles. The van der Waals surface area contributed by atoms with E-state index in [0.29, 0.717) is 6.54 Å². The Morgan fingerprint density at radius 2 is 2.08 bits per heavy atom. The number of nitrogens with zero attached hydrogens (tertiary/aromatic N) is 1. The highest BCUT2D eigenvalue weighted by Crippen LogP contribution is 2.18. The molecule has 0 bridgehead atoms. The maximum Gasteiger partial charge on any atom is 0.315 e. The molecule has 0 radical (unpaired) electrons. The predicted octanol–water partition coefficient (Wildman–Crippen LogP) is 2.29. The largest absolute Gasteiger partial charge is 0.394 e. The average molecular weight is 333 g/mol. The van der Waals surface area contributed by atoms with E-state index in [1.165, 1.54) is 11.1 Å². The van der Waals surface area contributed by atoms with Crippen molar-refractivity contribution in [2.45, 2.75) is 51.6 Å². The second-order valence-corrected chi connectivity index (χ2v) is 7.00. The number of carbonyl (C=O) groups is 1. The highest BCUT2D eigenvalue weighted by atomic mass is 16.3. The summed E-state index contributed by atoms with van der Waals surface area (Å²) in [5, 5.41) is 15.2. The van der Waals surface area contributed by atoms with E-state index in [9.17, 15) is 9.90 Å². The van der Waals surface area contributed by atoms with Crippen LogP contribution in [-0.4, -0.2) is 47.8 Å². The van der Waals surface area contributed by atoms with Gasteiger partial charge in [0.2, 0.25) is 0 Å². The van der Waals surface area contributed by atoms with Crippen molar-refractivity contribution in [3.8, 4) is 0 Å². The van der Waals surface area contributed by atoms with Gasteiger partial charge in [0.25, 0.3) is 0 Å². The summed E-state index contributed by atoms with van der Waals surface area (Å²) in [5.41, 5.74) is 2.35. The highest BCUT2D eigenvalue weighted by Gasteiger charge is 2.24. The van der Waals surface area contributed by atoms with Crippen LogP contribution in [0.1, 0.15) is 44.2 Å². The summed E-state index contributed by atoms with van der Waals surface area (Å²) in [7, 11) is 0. The molecular formula is C19H31N3O2. The summed E-state index contributed by atoms with van der Waals surface area (Å²) in [6.07, 6.45) is 3.73. The zero-order valence-corrected chi connectivity index (χ0v) is 15.0. The first-order chi connectivity index (χ1) is 11.6. The standard InChI is InChI=1S/C19H31N3O2/c1-3-10-19(2,15-23)21-18(24)20-11-6-12-22-13-9-16-7-4-5-8-17(16)14-22/h4-5,7-8,23H,3,6,9-15H2,1-2H3,(H2,20,21,24). The average Bonchev–Trinajstić information content (AvgIpc) is 2.59. The summed E-state index contributed by atoms with van der Waals surface area (Å²) in [6.45, 7) is 7.61. The minimum absolute atomic E-state index is 0.0402. The van der Waals surface area contributed by atoms with Gasteiger partial charge in [-0.15, -0.1) is 0 Å². The molecule has 0 aliphatic carbocycles. The smallest absolute Gasteiger partial charge is 0.315 e. The number of aliphatic hydroxyl groups is 1.